The Morgan fingerprint density at radius 1 is 1.14 bits per heavy atom. The standard InChI is InChI=1S/C31H39N7O6/c1-19-8-9-22-17-26(19)44-15-5-12-38-18-23(35-36-38)10-13-37(14-11-32-29(41)27(20(2)39)34-28(22)40)31(42)24-16-21-6-4-7-25(21)33-30(24)43-3/h8-9,16-18,20,27,39H,4-7,10-15H2,1-3H3,(H,32,41)(H,34,40)/t20-,27+/m1/s1. The third-order valence-corrected chi connectivity index (χ3v) is 7.92. The average molecular weight is 606 g/mol. The van der Waals surface area contributed by atoms with Gasteiger partial charge < -0.3 is 30.1 Å². The number of methoxy groups -OCH3 is 1. The molecule has 0 saturated carbocycles. The Kier molecular flexibility index (Phi) is 9.73. The first kappa shape index (κ1) is 30.9. The summed E-state index contributed by atoms with van der Waals surface area (Å²) in [6.45, 7) is 4.84. The number of aliphatic hydroxyl groups is 1. The second-order valence-electron chi connectivity index (χ2n) is 11.2. The van der Waals surface area contributed by atoms with Crippen LogP contribution in [0.25, 0.3) is 0 Å². The molecule has 0 fully saturated rings. The van der Waals surface area contributed by atoms with Crippen molar-refractivity contribution < 1.29 is 29.0 Å². The lowest BCUT2D eigenvalue weighted by molar-refractivity contribution is -0.125. The van der Waals surface area contributed by atoms with Crippen molar-refractivity contribution in [1.82, 2.24) is 35.5 Å². The predicted molar refractivity (Wildman–Crippen MR) is 160 cm³/mol. The molecule has 4 bridgehead atoms. The van der Waals surface area contributed by atoms with Crippen LogP contribution in [-0.4, -0.2) is 93.2 Å². The number of aryl methyl sites for hydroxylation is 4. The van der Waals surface area contributed by atoms with Crippen LogP contribution >= 0.6 is 0 Å². The van der Waals surface area contributed by atoms with Gasteiger partial charge in [-0.3, -0.25) is 19.1 Å². The lowest BCUT2D eigenvalue weighted by Crippen LogP contribution is -2.53. The highest BCUT2D eigenvalue weighted by Crippen LogP contribution is 2.27. The van der Waals surface area contributed by atoms with Crippen LogP contribution in [0.1, 0.15) is 63.0 Å². The van der Waals surface area contributed by atoms with Crippen LogP contribution < -0.4 is 20.1 Å². The van der Waals surface area contributed by atoms with E-state index in [-0.39, 0.29) is 24.9 Å². The molecule has 0 unspecified atom stereocenters. The number of hydrogen-bond donors (Lipinski definition) is 3. The number of nitrogens with one attached hydrogen (secondary N) is 2. The zero-order valence-electron chi connectivity index (χ0n) is 25.3. The van der Waals surface area contributed by atoms with E-state index >= 15 is 0 Å². The number of amides is 3. The van der Waals surface area contributed by atoms with Gasteiger partial charge in [-0.1, -0.05) is 11.3 Å². The van der Waals surface area contributed by atoms with E-state index in [1.54, 1.807) is 27.8 Å². The predicted octanol–water partition coefficient (Wildman–Crippen LogP) is 1.24. The number of ether oxygens (including phenoxy) is 2. The molecule has 13 heteroatoms. The molecule has 44 heavy (non-hydrogen) atoms. The van der Waals surface area contributed by atoms with Crippen molar-refractivity contribution in [2.75, 3.05) is 33.4 Å². The summed E-state index contributed by atoms with van der Waals surface area (Å²) in [6.07, 6.45) is 4.46. The summed E-state index contributed by atoms with van der Waals surface area (Å²) in [5.41, 5.74) is 4.24. The second kappa shape index (κ2) is 13.8. The minimum Gasteiger partial charge on any atom is -0.493 e. The highest BCUT2D eigenvalue weighted by molar-refractivity contribution is 5.98. The van der Waals surface area contributed by atoms with Gasteiger partial charge in [-0.2, -0.15) is 0 Å². The molecular formula is C31H39N7O6. The lowest BCUT2D eigenvalue weighted by Gasteiger charge is -2.25. The maximum absolute atomic E-state index is 13.9. The average Bonchev–Trinajstić information content (AvgIpc) is 3.67. The summed E-state index contributed by atoms with van der Waals surface area (Å²) >= 11 is 0. The lowest BCUT2D eigenvalue weighted by atomic mass is 10.1. The molecule has 1 aliphatic heterocycles. The van der Waals surface area contributed by atoms with Crippen LogP contribution in [0.2, 0.25) is 0 Å². The van der Waals surface area contributed by atoms with Crippen LogP contribution in [0.5, 0.6) is 11.6 Å². The Hall–Kier alpha value is -4.52. The third-order valence-electron chi connectivity index (χ3n) is 7.92. The van der Waals surface area contributed by atoms with Crippen molar-refractivity contribution in [2.24, 2.45) is 0 Å². The number of aromatic nitrogens is 4. The minimum absolute atomic E-state index is 0.0829. The molecule has 3 heterocycles. The number of carbonyl (C=O) groups is 3. The molecule has 3 N–H and O–H groups in total. The Morgan fingerprint density at radius 3 is 2.77 bits per heavy atom. The first-order valence-electron chi connectivity index (χ1n) is 15.0. The summed E-state index contributed by atoms with van der Waals surface area (Å²) in [6, 6.07) is 5.69. The smallest absolute Gasteiger partial charge is 0.259 e. The Bertz CT molecular complexity index is 1520. The number of nitrogens with zero attached hydrogens (tertiary/aromatic N) is 5. The fraction of sp³-hybridized carbons (Fsp3) is 0.484. The number of fused-ring (bicyclic) bond motifs is 5. The van der Waals surface area contributed by atoms with E-state index in [1.165, 1.54) is 14.0 Å². The molecule has 234 valence electrons. The quantitative estimate of drug-likeness (QED) is 0.399. The molecule has 0 spiro atoms. The van der Waals surface area contributed by atoms with E-state index in [4.69, 9.17) is 9.47 Å². The van der Waals surface area contributed by atoms with Gasteiger partial charge in [0.2, 0.25) is 11.8 Å². The molecule has 2 atom stereocenters. The van der Waals surface area contributed by atoms with E-state index in [0.717, 1.165) is 41.8 Å². The van der Waals surface area contributed by atoms with E-state index < -0.39 is 24.0 Å². The molecular weight excluding hydrogens is 566 g/mol. The van der Waals surface area contributed by atoms with Gasteiger partial charge in [0.15, 0.2) is 0 Å². The molecule has 0 saturated heterocycles. The number of carbonyl (C=O) groups excluding carboxylic acids is 3. The summed E-state index contributed by atoms with van der Waals surface area (Å²) in [5, 5.41) is 24.3. The van der Waals surface area contributed by atoms with Crippen molar-refractivity contribution in [1.29, 1.82) is 0 Å². The third kappa shape index (κ3) is 7.16. The zero-order valence-corrected chi connectivity index (χ0v) is 25.3. The Morgan fingerprint density at radius 2 is 1.98 bits per heavy atom. The first-order valence-corrected chi connectivity index (χ1v) is 15.0. The van der Waals surface area contributed by atoms with E-state index in [9.17, 15) is 19.5 Å². The van der Waals surface area contributed by atoms with Gasteiger partial charge in [-0.05, 0) is 62.4 Å². The van der Waals surface area contributed by atoms with Gasteiger partial charge >= 0.3 is 0 Å². The second-order valence-corrected chi connectivity index (χ2v) is 11.2. The topological polar surface area (TPSA) is 161 Å². The SMILES string of the molecule is COc1nc2c(cc1C(=O)N1CCNC(=O)[C@H]([C@@H](C)O)NC(=O)c3ccc(C)c(c3)OCCCn3cc(nn3)CC1)CCC2. The molecule has 13 nitrogen and oxygen atoms in total. The molecule has 0 radical (unpaired) electrons. The van der Waals surface area contributed by atoms with Crippen LogP contribution in [0.3, 0.4) is 0 Å². The number of hydrogen-bond acceptors (Lipinski definition) is 9. The molecule has 2 aliphatic rings. The van der Waals surface area contributed by atoms with Gasteiger partial charge in [0, 0.05) is 56.5 Å². The number of benzene rings is 1. The normalized spacial score (nSPS) is 18.8. The van der Waals surface area contributed by atoms with E-state index in [2.05, 4.69) is 25.9 Å². The van der Waals surface area contributed by atoms with Gasteiger partial charge in [-0.25, -0.2) is 4.98 Å². The van der Waals surface area contributed by atoms with Crippen LogP contribution in [-0.2, 0) is 30.6 Å². The van der Waals surface area contributed by atoms with Gasteiger partial charge in [-0.15, -0.1) is 5.10 Å². The van der Waals surface area contributed by atoms with Crippen molar-refractivity contribution in [3.8, 4) is 11.6 Å². The van der Waals surface area contributed by atoms with E-state index in [1.807, 2.05) is 19.2 Å². The Labute approximate surface area is 255 Å². The molecule has 1 aromatic carbocycles. The summed E-state index contributed by atoms with van der Waals surface area (Å²) < 4.78 is 13.2. The minimum atomic E-state index is -1.21. The molecule has 2 aromatic heterocycles. The van der Waals surface area contributed by atoms with E-state index in [0.29, 0.717) is 49.4 Å². The molecule has 5 rings (SSSR count). The molecule has 3 aromatic rings. The monoisotopic (exact) mass is 605 g/mol. The van der Waals surface area contributed by atoms with Gasteiger partial charge in [0.1, 0.15) is 17.4 Å². The fourth-order valence-corrected chi connectivity index (χ4v) is 5.42. The number of aliphatic hydroxyl groups excluding tert-OH is 1. The van der Waals surface area contributed by atoms with Crippen LogP contribution in [0.15, 0.2) is 30.5 Å². The van der Waals surface area contributed by atoms with Crippen molar-refractivity contribution in [2.45, 2.75) is 64.6 Å². The number of rotatable bonds is 3. The maximum atomic E-state index is 13.9. The zero-order chi connectivity index (χ0) is 31.2. The van der Waals surface area contributed by atoms with Gasteiger partial charge in [0.25, 0.3) is 11.8 Å². The fourth-order valence-electron chi connectivity index (χ4n) is 5.42. The van der Waals surface area contributed by atoms with Crippen molar-refractivity contribution in [3.05, 3.63) is 64.1 Å². The number of pyridine rings is 1. The van der Waals surface area contributed by atoms with Gasteiger partial charge in [0.05, 0.1) is 25.5 Å². The maximum Gasteiger partial charge on any atom is 0.259 e. The largest absolute Gasteiger partial charge is 0.493 e. The highest BCUT2D eigenvalue weighted by Gasteiger charge is 2.28. The van der Waals surface area contributed by atoms with Crippen LogP contribution in [0.4, 0.5) is 0 Å². The van der Waals surface area contributed by atoms with Crippen molar-refractivity contribution in [3.63, 3.8) is 0 Å². The highest BCUT2D eigenvalue weighted by atomic mass is 16.5. The molecule has 1 aliphatic carbocycles. The van der Waals surface area contributed by atoms with Crippen molar-refractivity contribution >= 4 is 17.7 Å². The summed E-state index contributed by atoms with van der Waals surface area (Å²) in [7, 11) is 1.50. The van der Waals surface area contributed by atoms with Crippen LogP contribution in [0, 0.1) is 6.92 Å². The Balaban J connectivity index is 1.39. The molecule has 3 amide bonds. The summed E-state index contributed by atoms with van der Waals surface area (Å²) in [5.74, 6) is -0.535. The summed E-state index contributed by atoms with van der Waals surface area (Å²) in [4.78, 5) is 46.3. The first-order chi connectivity index (χ1) is 21.2.